The SMILES string of the molecule is CN1CC(c2cc(F)cc(F)c2)N(CC(=O)O)C(=O)C12COCCOC2. The van der Waals surface area contributed by atoms with E-state index >= 15 is 0 Å². The quantitative estimate of drug-likeness (QED) is 0.842. The van der Waals surface area contributed by atoms with Gasteiger partial charge in [-0.2, -0.15) is 0 Å². The Labute approximate surface area is 149 Å². The number of hydrogen-bond acceptors (Lipinski definition) is 5. The minimum absolute atomic E-state index is 0.0582. The van der Waals surface area contributed by atoms with Crippen LogP contribution >= 0.6 is 0 Å². The molecule has 2 heterocycles. The molecule has 0 aromatic heterocycles. The van der Waals surface area contributed by atoms with Crippen molar-refractivity contribution in [3.63, 3.8) is 0 Å². The van der Waals surface area contributed by atoms with Crippen LogP contribution in [0.4, 0.5) is 8.78 Å². The van der Waals surface area contributed by atoms with Gasteiger partial charge in [0.2, 0.25) is 5.91 Å². The molecule has 1 aromatic rings. The van der Waals surface area contributed by atoms with Crippen LogP contribution in [0.3, 0.4) is 0 Å². The molecule has 9 heteroatoms. The van der Waals surface area contributed by atoms with Crippen LogP contribution in [-0.2, 0) is 19.1 Å². The minimum atomic E-state index is -1.21. The maximum atomic E-state index is 13.7. The number of nitrogens with zero attached hydrogens (tertiary/aromatic N) is 2. The first-order valence-electron chi connectivity index (χ1n) is 8.19. The number of ether oxygens (including phenoxy) is 2. The van der Waals surface area contributed by atoms with Crippen molar-refractivity contribution in [3.05, 3.63) is 35.4 Å². The fourth-order valence-electron chi connectivity index (χ4n) is 3.47. The largest absolute Gasteiger partial charge is 0.480 e. The fourth-order valence-corrected chi connectivity index (χ4v) is 3.47. The summed E-state index contributed by atoms with van der Waals surface area (Å²) in [5.74, 6) is -3.28. The van der Waals surface area contributed by atoms with Crippen LogP contribution < -0.4 is 0 Å². The second-order valence-corrected chi connectivity index (χ2v) is 6.56. The molecule has 7 nitrogen and oxygen atoms in total. The number of carbonyl (C=O) groups is 2. The lowest BCUT2D eigenvalue weighted by Gasteiger charge is -2.50. The number of hydrogen-bond donors (Lipinski definition) is 1. The van der Waals surface area contributed by atoms with E-state index in [1.54, 1.807) is 11.9 Å². The normalized spacial score (nSPS) is 23.9. The van der Waals surface area contributed by atoms with Gasteiger partial charge in [-0.05, 0) is 24.7 Å². The molecular weight excluding hydrogens is 350 g/mol. The van der Waals surface area contributed by atoms with E-state index in [1.165, 1.54) is 0 Å². The molecule has 2 saturated heterocycles. The Balaban J connectivity index is 2.00. The van der Waals surface area contributed by atoms with Gasteiger partial charge in [0.25, 0.3) is 0 Å². The fraction of sp³-hybridized carbons (Fsp3) is 0.529. The highest BCUT2D eigenvalue weighted by atomic mass is 19.1. The van der Waals surface area contributed by atoms with Gasteiger partial charge in [-0.3, -0.25) is 14.5 Å². The third-order valence-corrected chi connectivity index (χ3v) is 4.84. The van der Waals surface area contributed by atoms with Gasteiger partial charge in [0, 0.05) is 12.6 Å². The maximum absolute atomic E-state index is 13.7. The van der Waals surface area contributed by atoms with Crippen molar-refractivity contribution in [3.8, 4) is 0 Å². The summed E-state index contributed by atoms with van der Waals surface area (Å²) in [4.78, 5) is 27.4. The van der Waals surface area contributed by atoms with E-state index in [2.05, 4.69) is 0 Å². The summed E-state index contributed by atoms with van der Waals surface area (Å²) in [7, 11) is 1.69. The van der Waals surface area contributed by atoms with Crippen LogP contribution in [0.25, 0.3) is 0 Å². The number of carboxylic acids is 1. The number of halogens is 2. The summed E-state index contributed by atoms with van der Waals surface area (Å²) in [6.45, 7) is 0.387. The Morgan fingerprint density at radius 2 is 1.81 bits per heavy atom. The van der Waals surface area contributed by atoms with Crippen molar-refractivity contribution in [1.29, 1.82) is 0 Å². The molecule has 26 heavy (non-hydrogen) atoms. The van der Waals surface area contributed by atoms with E-state index < -0.39 is 41.6 Å². The van der Waals surface area contributed by atoms with Gasteiger partial charge < -0.3 is 19.5 Å². The Morgan fingerprint density at radius 1 is 1.23 bits per heavy atom. The summed E-state index contributed by atoms with van der Waals surface area (Å²) < 4.78 is 38.3. The first kappa shape index (κ1) is 18.7. The molecule has 142 valence electrons. The third-order valence-electron chi connectivity index (χ3n) is 4.84. The number of piperazine rings is 1. The van der Waals surface area contributed by atoms with Crippen molar-refractivity contribution in [2.45, 2.75) is 11.6 Å². The van der Waals surface area contributed by atoms with Gasteiger partial charge in [-0.15, -0.1) is 0 Å². The van der Waals surface area contributed by atoms with Crippen molar-refractivity contribution >= 4 is 11.9 Å². The Hall–Kier alpha value is -2.10. The van der Waals surface area contributed by atoms with E-state index in [-0.39, 0.29) is 25.3 Å². The number of amides is 1. The zero-order valence-corrected chi connectivity index (χ0v) is 14.3. The lowest BCUT2D eigenvalue weighted by atomic mass is 9.89. The molecule has 1 unspecified atom stereocenters. The molecule has 1 N–H and O–H groups in total. The third kappa shape index (κ3) is 3.42. The van der Waals surface area contributed by atoms with Crippen molar-refractivity contribution in [2.75, 3.05) is 46.6 Å². The van der Waals surface area contributed by atoms with Crippen LogP contribution in [0.5, 0.6) is 0 Å². The molecule has 0 aliphatic carbocycles. The lowest BCUT2D eigenvalue weighted by molar-refractivity contribution is -0.167. The zero-order valence-electron chi connectivity index (χ0n) is 14.3. The number of likely N-dealkylation sites (N-methyl/N-ethyl adjacent to an activating group) is 1. The van der Waals surface area contributed by atoms with Gasteiger partial charge in [-0.1, -0.05) is 0 Å². The average Bonchev–Trinajstić information content (AvgIpc) is 2.81. The van der Waals surface area contributed by atoms with E-state index in [0.717, 1.165) is 23.1 Å². The summed E-state index contributed by atoms with van der Waals surface area (Å²) in [6, 6.07) is 2.15. The van der Waals surface area contributed by atoms with Crippen LogP contribution in [0.1, 0.15) is 11.6 Å². The molecule has 0 bridgehead atoms. The van der Waals surface area contributed by atoms with E-state index in [1.807, 2.05) is 0 Å². The Bertz CT molecular complexity index is 686. The van der Waals surface area contributed by atoms with Crippen LogP contribution in [0.15, 0.2) is 18.2 Å². The molecule has 0 radical (unpaired) electrons. The predicted molar refractivity (Wildman–Crippen MR) is 85.4 cm³/mol. The second kappa shape index (κ2) is 7.26. The first-order chi connectivity index (χ1) is 12.3. The Morgan fingerprint density at radius 3 is 2.35 bits per heavy atom. The molecule has 1 atom stereocenters. The van der Waals surface area contributed by atoms with E-state index in [4.69, 9.17) is 9.47 Å². The van der Waals surface area contributed by atoms with Gasteiger partial charge >= 0.3 is 5.97 Å². The highest BCUT2D eigenvalue weighted by Crippen LogP contribution is 2.35. The summed E-state index contributed by atoms with van der Waals surface area (Å²) in [5, 5.41) is 9.25. The van der Waals surface area contributed by atoms with Gasteiger partial charge in [0.15, 0.2) is 0 Å². The zero-order chi connectivity index (χ0) is 18.9. The average molecular weight is 370 g/mol. The van der Waals surface area contributed by atoms with Crippen LogP contribution in [0, 0.1) is 11.6 Å². The molecule has 1 spiro atoms. The highest BCUT2D eigenvalue weighted by Gasteiger charge is 2.52. The predicted octanol–water partition coefficient (Wildman–Crippen LogP) is 0.650. The number of carboxylic acid groups (broad SMARTS) is 1. The molecule has 2 aliphatic rings. The minimum Gasteiger partial charge on any atom is -0.480 e. The summed E-state index contributed by atoms with van der Waals surface area (Å²) in [6.07, 6.45) is 0. The van der Waals surface area contributed by atoms with Gasteiger partial charge in [0.05, 0.1) is 32.5 Å². The van der Waals surface area contributed by atoms with Gasteiger partial charge in [-0.25, -0.2) is 8.78 Å². The molecule has 2 fully saturated rings. The number of aliphatic carboxylic acids is 1. The van der Waals surface area contributed by atoms with Crippen molar-refractivity contribution < 1.29 is 33.0 Å². The Kier molecular flexibility index (Phi) is 5.22. The number of carbonyl (C=O) groups excluding carboxylic acids is 1. The maximum Gasteiger partial charge on any atom is 0.323 e. The van der Waals surface area contributed by atoms with Crippen molar-refractivity contribution in [1.82, 2.24) is 9.80 Å². The number of rotatable bonds is 3. The van der Waals surface area contributed by atoms with Crippen LogP contribution in [0.2, 0.25) is 0 Å². The standard InChI is InChI=1S/C17H20F2N2O5/c1-20-7-14(11-4-12(18)6-13(19)5-11)21(8-15(22)23)16(24)17(20)9-25-2-3-26-10-17/h4-6,14H,2-3,7-10H2,1H3,(H,22,23). The highest BCUT2D eigenvalue weighted by molar-refractivity contribution is 5.90. The molecule has 0 saturated carbocycles. The summed E-state index contributed by atoms with van der Waals surface area (Å²) in [5.41, 5.74) is -0.955. The second-order valence-electron chi connectivity index (χ2n) is 6.56. The van der Waals surface area contributed by atoms with Gasteiger partial charge in [0.1, 0.15) is 23.7 Å². The molecule has 1 amide bonds. The van der Waals surface area contributed by atoms with Crippen molar-refractivity contribution in [2.24, 2.45) is 0 Å². The first-order valence-corrected chi connectivity index (χ1v) is 8.19. The molecule has 1 aromatic carbocycles. The smallest absolute Gasteiger partial charge is 0.323 e. The molecular formula is C17H20F2N2O5. The monoisotopic (exact) mass is 370 g/mol. The van der Waals surface area contributed by atoms with Crippen LogP contribution in [-0.4, -0.2) is 78.9 Å². The molecule has 3 rings (SSSR count). The van der Waals surface area contributed by atoms with E-state index in [9.17, 15) is 23.5 Å². The lowest BCUT2D eigenvalue weighted by Crippen LogP contribution is -2.69. The molecule has 2 aliphatic heterocycles. The summed E-state index contributed by atoms with van der Waals surface area (Å²) >= 11 is 0. The van der Waals surface area contributed by atoms with E-state index in [0.29, 0.717) is 13.2 Å². The number of benzene rings is 1. The topological polar surface area (TPSA) is 79.3 Å².